The van der Waals surface area contributed by atoms with Crippen LogP contribution in [-0.4, -0.2) is 7.05 Å². The van der Waals surface area contributed by atoms with Gasteiger partial charge in [0.2, 0.25) is 0 Å². The summed E-state index contributed by atoms with van der Waals surface area (Å²) < 4.78 is 5.52. The standard InChI is InChI=1S/C13H13N3O/c1-9-3-6-13(17-9)16(2)12-5-4-10(8-14)7-11(12)15/h3-7H,15H2,1-2H3. The molecule has 86 valence electrons. The molecule has 2 aromatic rings. The summed E-state index contributed by atoms with van der Waals surface area (Å²) in [7, 11) is 1.87. The van der Waals surface area contributed by atoms with Gasteiger partial charge in [-0.2, -0.15) is 5.26 Å². The van der Waals surface area contributed by atoms with Gasteiger partial charge in [-0.3, -0.25) is 0 Å². The SMILES string of the molecule is Cc1ccc(N(C)c2ccc(C#N)cc2N)o1. The second-order valence-electron chi connectivity index (χ2n) is 3.83. The van der Waals surface area contributed by atoms with Crippen LogP contribution >= 0.6 is 0 Å². The van der Waals surface area contributed by atoms with E-state index < -0.39 is 0 Å². The van der Waals surface area contributed by atoms with Gasteiger partial charge in [-0.25, -0.2) is 0 Å². The maximum absolute atomic E-state index is 8.77. The van der Waals surface area contributed by atoms with Gasteiger partial charge in [-0.05, 0) is 31.2 Å². The molecular formula is C13H13N3O. The molecule has 17 heavy (non-hydrogen) atoms. The third kappa shape index (κ3) is 2.08. The summed E-state index contributed by atoms with van der Waals surface area (Å²) in [5.41, 5.74) is 7.83. The third-order valence-electron chi connectivity index (χ3n) is 2.57. The van der Waals surface area contributed by atoms with Crippen LogP contribution in [0.25, 0.3) is 0 Å². The molecule has 1 aromatic heterocycles. The minimum atomic E-state index is 0.551. The van der Waals surface area contributed by atoms with Crippen LogP contribution in [0.3, 0.4) is 0 Å². The van der Waals surface area contributed by atoms with Crippen molar-refractivity contribution in [3.05, 3.63) is 41.7 Å². The van der Waals surface area contributed by atoms with Crippen LogP contribution in [0.15, 0.2) is 34.7 Å². The fourth-order valence-electron chi connectivity index (χ4n) is 1.65. The van der Waals surface area contributed by atoms with Gasteiger partial charge < -0.3 is 15.1 Å². The van der Waals surface area contributed by atoms with Crippen molar-refractivity contribution in [1.82, 2.24) is 0 Å². The Balaban J connectivity index is 2.38. The molecule has 0 aliphatic rings. The number of furan rings is 1. The van der Waals surface area contributed by atoms with Crippen LogP contribution in [0.5, 0.6) is 0 Å². The van der Waals surface area contributed by atoms with E-state index in [9.17, 15) is 0 Å². The van der Waals surface area contributed by atoms with E-state index in [-0.39, 0.29) is 0 Å². The van der Waals surface area contributed by atoms with Crippen LogP contribution in [0.2, 0.25) is 0 Å². The summed E-state index contributed by atoms with van der Waals surface area (Å²) in [6.45, 7) is 1.89. The second-order valence-corrected chi connectivity index (χ2v) is 3.83. The van der Waals surface area contributed by atoms with E-state index in [1.165, 1.54) is 0 Å². The van der Waals surface area contributed by atoms with Crippen molar-refractivity contribution in [2.45, 2.75) is 6.92 Å². The average molecular weight is 227 g/mol. The predicted octanol–water partition coefficient (Wildman–Crippen LogP) is 2.81. The number of nitrogens with two attached hydrogens (primary N) is 1. The van der Waals surface area contributed by atoms with Crippen LogP contribution < -0.4 is 10.6 Å². The Morgan fingerprint density at radius 1 is 1.29 bits per heavy atom. The number of benzene rings is 1. The van der Waals surface area contributed by atoms with E-state index in [0.717, 1.165) is 17.3 Å². The molecule has 0 bridgehead atoms. The number of rotatable bonds is 2. The third-order valence-corrected chi connectivity index (χ3v) is 2.57. The molecule has 0 atom stereocenters. The highest BCUT2D eigenvalue weighted by atomic mass is 16.4. The Bertz CT molecular complexity index is 581. The molecule has 0 unspecified atom stereocenters. The predicted molar refractivity (Wildman–Crippen MR) is 67.1 cm³/mol. The smallest absolute Gasteiger partial charge is 0.199 e. The molecule has 0 fully saturated rings. The Labute approximate surface area is 99.9 Å². The monoisotopic (exact) mass is 227 g/mol. The minimum Gasteiger partial charge on any atom is -0.446 e. The Morgan fingerprint density at radius 3 is 2.59 bits per heavy atom. The quantitative estimate of drug-likeness (QED) is 0.801. The van der Waals surface area contributed by atoms with E-state index >= 15 is 0 Å². The van der Waals surface area contributed by atoms with E-state index in [0.29, 0.717) is 11.3 Å². The lowest BCUT2D eigenvalue weighted by atomic mass is 10.2. The normalized spacial score (nSPS) is 9.94. The first-order valence-electron chi connectivity index (χ1n) is 5.21. The van der Waals surface area contributed by atoms with Crippen LogP contribution in [0, 0.1) is 18.3 Å². The number of hydrogen-bond donors (Lipinski definition) is 1. The zero-order valence-corrected chi connectivity index (χ0v) is 9.77. The van der Waals surface area contributed by atoms with Crippen molar-refractivity contribution < 1.29 is 4.42 Å². The van der Waals surface area contributed by atoms with Gasteiger partial charge in [0.25, 0.3) is 0 Å². The Hall–Kier alpha value is -2.41. The number of aryl methyl sites for hydroxylation is 1. The molecule has 0 aliphatic heterocycles. The van der Waals surface area contributed by atoms with Gasteiger partial charge in [-0.15, -0.1) is 0 Å². The first-order valence-corrected chi connectivity index (χ1v) is 5.21. The van der Waals surface area contributed by atoms with E-state index in [1.54, 1.807) is 12.1 Å². The van der Waals surface area contributed by atoms with Gasteiger partial charge in [0.1, 0.15) is 5.76 Å². The largest absolute Gasteiger partial charge is 0.446 e. The molecule has 1 aromatic carbocycles. The average Bonchev–Trinajstić information content (AvgIpc) is 2.75. The number of anilines is 3. The zero-order chi connectivity index (χ0) is 12.4. The summed E-state index contributed by atoms with van der Waals surface area (Å²) in [5, 5.41) is 8.77. The molecule has 1 heterocycles. The van der Waals surface area contributed by atoms with Crippen molar-refractivity contribution in [2.24, 2.45) is 0 Å². The van der Waals surface area contributed by atoms with E-state index in [1.807, 2.05) is 37.1 Å². The van der Waals surface area contributed by atoms with Crippen molar-refractivity contribution in [2.75, 3.05) is 17.7 Å². The maximum Gasteiger partial charge on any atom is 0.199 e. The zero-order valence-electron chi connectivity index (χ0n) is 9.77. The molecule has 0 spiro atoms. The lowest BCUT2D eigenvalue weighted by molar-refractivity contribution is 0.538. The van der Waals surface area contributed by atoms with Crippen LogP contribution in [-0.2, 0) is 0 Å². The number of hydrogen-bond acceptors (Lipinski definition) is 4. The second kappa shape index (κ2) is 4.22. The Morgan fingerprint density at radius 2 is 2.06 bits per heavy atom. The number of nitrogens with zero attached hydrogens (tertiary/aromatic N) is 2. The molecule has 0 aliphatic carbocycles. The van der Waals surface area contributed by atoms with Crippen molar-refractivity contribution >= 4 is 17.3 Å². The van der Waals surface area contributed by atoms with E-state index in [4.69, 9.17) is 15.4 Å². The number of nitriles is 1. The summed E-state index contributed by atoms with van der Waals surface area (Å²) in [4.78, 5) is 1.85. The van der Waals surface area contributed by atoms with Gasteiger partial charge in [0.15, 0.2) is 5.88 Å². The summed E-state index contributed by atoms with van der Waals surface area (Å²) in [5.74, 6) is 1.57. The highest BCUT2D eigenvalue weighted by Crippen LogP contribution is 2.30. The molecule has 0 saturated heterocycles. The van der Waals surface area contributed by atoms with Gasteiger partial charge in [0, 0.05) is 13.1 Å². The fraction of sp³-hybridized carbons (Fsp3) is 0.154. The molecular weight excluding hydrogens is 214 g/mol. The molecule has 0 radical (unpaired) electrons. The summed E-state index contributed by atoms with van der Waals surface area (Å²) in [6.07, 6.45) is 0. The highest BCUT2D eigenvalue weighted by Gasteiger charge is 2.11. The van der Waals surface area contributed by atoms with Crippen molar-refractivity contribution in [1.29, 1.82) is 5.26 Å². The molecule has 4 heteroatoms. The first kappa shape index (κ1) is 11.1. The van der Waals surface area contributed by atoms with Gasteiger partial charge in [-0.1, -0.05) is 0 Å². The van der Waals surface area contributed by atoms with Gasteiger partial charge >= 0.3 is 0 Å². The number of nitrogen functional groups attached to an aromatic ring is 1. The molecule has 2 rings (SSSR count). The molecule has 4 nitrogen and oxygen atoms in total. The first-order chi connectivity index (χ1) is 8.11. The van der Waals surface area contributed by atoms with Crippen molar-refractivity contribution in [3.63, 3.8) is 0 Å². The van der Waals surface area contributed by atoms with Crippen LogP contribution in [0.1, 0.15) is 11.3 Å². The lowest BCUT2D eigenvalue weighted by Gasteiger charge is -2.18. The Kier molecular flexibility index (Phi) is 2.75. The highest BCUT2D eigenvalue weighted by molar-refractivity contribution is 5.73. The lowest BCUT2D eigenvalue weighted by Crippen LogP contribution is -2.10. The van der Waals surface area contributed by atoms with Crippen LogP contribution in [0.4, 0.5) is 17.3 Å². The van der Waals surface area contributed by atoms with Gasteiger partial charge in [0.05, 0.1) is 23.0 Å². The van der Waals surface area contributed by atoms with Crippen molar-refractivity contribution in [3.8, 4) is 6.07 Å². The minimum absolute atomic E-state index is 0.551. The topological polar surface area (TPSA) is 66.2 Å². The molecule has 2 N–H and O–H groups in total. The summed E-state index contributed by atoms with van der Waals surface area (Å²) in [6, 6.07) is 11.0. The fourth-order valence-corrected chi connectivity index (χ4v) is 1.65. The molecule has 0 amide bonds. The van der Waals surface area contributed by atoms with E-state index in [2.05, 4.69) is 6.07 Å². The summed E-state index contributed by atoms with van der Waals surface area (Å²) >= 11 is 0. The maximum atomic E-state index is 8.77. The molecule has 0 saturated carbocycles.